The highest BCUT2D eigenvalue weighted by Crippen LogP contribution is 2.24. The maximum absolute atomic E-state index is 13.7. The fourth-order valence-corrected chi connectivity index (χ4v) is 1.66. The molecule has 6 nitrogen and oxygen atoms in total. The maximum atomic E-state index is 13.7. The van der Waals surface area contributed by atoms with Gasteiger partial charge >= 0.3 is 12.1 Å². The van der Waals surface area contributed by atoms with Gasteiger partial charge in [0.2, 0.25) is 0 Å². The molecule has 0 fully saturated rings. The lowest BCUT2D eigenvalue weighted by Crippen LogP contribution is -2.35. The van der Waals surface area contributed by atoms with Crippen LogP contribution in [0.5, 0.6) is 0 Å². The SMILES string of the molecule is CCOC(=O)NC(=S)Nc1c(F)cc(Cl)cc1C(=O)O. The molecular weight excluding hydrogens is 311 g/mol. The van der Waals surface area contributed by atoms with Crippen molar-refractivity contribution in [2.75, 3.05) is 11.9 Å². The quantitative estimate of drug-likeness (QED) is 0.742. The zero-order valence-electron chi connectivity index (χ0n) is 10.2. The summed E-state index contributed by atoms with van der Waals surface area (Å²) in [6, 6.07) is 1.98. The summed E-state index contributed by atoms with van der Waals surface area (Å²) >= 11 is 10.3. The molecule has 3 N–H and O–H groups in total. The summed E-state index contributed by atoms with van der Waals surface area (Å²) < 4.78 is 18.3. The monoisotopic (exact) mass is 320 g/mol. The lowest BCUT2D eigenvalue weighted by molar-refractivity contribution is 0.0697. The molecule has 0 saturated heterocycles. The largest absolute Gasteiger partial charge is 0.478 e. The van der Waals surface area contributed by atoms with Gasteiger partial charge in [0.05, 0.1) is 17.9 Å². The van der Waals surface area contributed by atoms with Crippen molar-refractivity contribution in [1.29, 1.82) is 0 Å². The summed E-state index contributed by atoms with van der Waals surface area (Å²) in [6.45, 7) is 1.72. The third-order valence-electron chi connectivity index (χ3n) is 2.01. The molecule has 1 amide bonds. The number of anilines is 1. The Bertz CT molecular complexity index is 568. The van der Waals surface area contributed by atoms with Crippen LogP contribution in [-0.4, -0.2) is 28.9 Å². The van der Waals surface area contributed by atoms with E-state index in [9.17, 15) is 14.0 Å². The Morgan fingerprint density at radius 1 is 1.50 bits per heavy atom. The molecule has 0 bridgehead atoms. The molecule has 1 rings (SSSR count). The number of carbonyl (C=O) groups is 2. The number of alkyl carbamates (subject to hydrolysis) is 1. The van der Waals surface area contributed by atoms with E-state index in [0.29, 0.717) is 0 Å². The van der Waals surface area contributed by atoms with Crippen LogP contribution in [0.25, 0.3) is 0 Å². The summed E-state index contributed by atoms with van der Waals surface area (Å²) in [4.78, 5) is 22.1. The fraction of sp³-hybridized carbons (Fsp3) is 0.182. The molecule has 0 aliphatic heterocycles. The molecule has 0 aromatic heterocycles. The van der Waals surface area contributed by atoms with Crippen molar-refractivity contribution < 1.29 is 23.8 Å². The van der Waals surface area contributed by atoms with Crippen molar-refractivity contribution >= 4 is 46.7 Å². The first-order valence-corrected chi connectivity index (χ1v) is 6.10. The summed E-state index contributed by atoms with van der Waals surface area (Å²) in [5.41, 5.74) is -0.813. The molecule has 0 heterocycles. The van der Waals surface area contributed by atoms with Crippen LogP contribution >= 0.6 is 23.8 Å². The van der Waals surface area contributed by atoms with Crippen molar-refractivity contribution in [3.8, 4) is 0 Å². The van der Waals surface area contributed by atoms with E-state index in [1.165, 1.54) is 0 Å². The fourth-order valence-electron chi connectivity index (χ4n) is 1.27. The van der Waals surface area contributed by atoms with Gasteiger partial charge in [0.25, 0.3) is 0 Å². The average molecular weight is 321 g/mol. The molecule has 0 saturated carbocycles. The van der Waals surface area contributed by atoms with Crippen LogP contribution in [0.15, 0.2) is 12.1 Å². The van der Waals surface area contributed by atoms with Gasteiger partial charge < -0.3 is 15.2 Å². The van der Waals surface area contributed by atoms with Gasteiger partial charge in [-0.3, -0.25) is 5.32 Å². The molecule has 0 atom stereocenters. The van der Waals surface area contributed by atoms with E-state index in [-0.39, 0.29) is 16.7 Å². The second-order valence-corrected chi connectivity index (χ2v) is 4.26. The van der Waals surface area contributed by atoms with Gasteiger partial charge in [-0.2, -0.15) is 0 Å². The van der Waals surface area contributed by atoms with Crippen molar-refractivity contribution in [3.63, 3.8) is 0 Å². The minimum atomic E-state index is -1.40. The Morgan fingerprint density at radius 3 is 2.70 bits per heavy atom. The number of benzene rings is 1. The Kier molecular flexibility index (Phi) is 5.66. The zero-order chi connectivity index (χ0) is 15.3. The van der Waals surface area contributed by atoms with Crippen LogP contribution in [0.4, 0.5) is 14.9 Å². The number of halogens is 2. The van der Waals surface area contributed by atoms with Crippen molar-refractivity contribution in [1.82, 2.24) is 5.32 Å². The number of carboxylic acids is 1. The van der Waals surface area contributed by atoms with Crippen LogP contribution in [0.1, 0.15) is 17.3 Å². The normalized spacial score (nSPS) is 9.75. The van der Waals surface area contributed by atoms with Gasteiger partial charge in [0.15, 0.2) is 5.11 Å². The van der Waals surface area contributed by atoms with E-state index < -0.39 is 29.1 Å². The minimum absolute atomic E-state index is 0.0743. The predicted octanol–water partition coefficient (Wildman–Crippen LogP) is 2.62. The van der Waals surface area contributed by atoms with Crippen LogP contribution < -0.4 is 10.6 Å². The number of aromatic carboxylic acids is 1. The minimum Gasteiger partial charge on any atom is -0.478 e. The van der Waals surface area contributed by atoms with E-state index in [1.54, 1.807) is 6.92 Å². The highest BCUT2D eigenvalue weighted by molar-refractivity contribution is 7.80. The highest BCUT2D eigenvalue weighted by Gasteiger charge is 2.18. The topological polar surface area (TPSA) is 87.7 Å². The third-order valence-corrected chi connectivity index (χ3v) is 2.44. The van der Waals surface area contributed by atoms with Crippen LogP contribution in [0, 0.1) is 5.82 Å². The van der Waals surface area contributed by atoms with Gasteiger partial charge in [-0.15, -0.1) is 0 Å². The zero-order valence-corrected chi connectivity index (χ0v) is 11.8. The standard InChI is InChI=1S/C11H10ClFN2O4S/c1-2-19-11(18)15-10(20)14-8-6(9(16)17)3-5(12)4-7(8)13/h3-4H,2H2,1H3,(H,16,17)(H2,14,15,18,20). The molecule has 108 valence electrons. The number of carboxylic acid groups (broad SMARTS) is 1. The van der Waals surface area contributed by atoms with Gasteiger partial charge in [0, 0.05) is 5.02 Å². The third kappa shape index (κ3) is 4.32. The van der Waals surface area contributed by atoms with Crippen LogP contribution in [0.3, 0.4) is 0 Å². The molecular formula is C11H10ClFN2O4S. The van der Waals surface area contributed by atoms with Crippen molar-refractivity contribution in [2.24, 2.45) is 0 Å². The van der Waals surface area contributed by atoms with E-state index >= 15 is 0 Å². The lowest BCUT2D eigenvalue weighted by atomic mass is 10.1. The molecule has 0 radical (unpaired) electrons. The molecule has 0 aliphatic rings. The number of carbonyl (C=O) groups excluding carboxylic acids is 1. The maximum Gasteiger partial charge on any atom is 0.413 e. The predicted molar refractivity (Wildman–Crippen MR) is 74.7 cm³/mol. The molecule has 20 heavy (non-hydrogen) atoms. The van der Waals surface area contributed by atoms with E-state index in [1.807, 2.05) is 0 Å². The molecule has 0 spiro atoms. The summed E-state index contributed by atoms with van der Waals surface area (Å²) in [7, 11) is 0. The number of nitrogens with one attached hydrogen (secondary N) is 2. The van der Waals surface area contributed by atoms with Gasteiger partial charge in [-0.25, -0.2) is 14.0 Å². The molecule has 0 aliphatic carbocycles. The number of thiocarbonyl (C=S) groups is 1. The number of ether oxygens (including phenoxy) is 1. The first-order chi connectivity index (χ1) is 9.35. The van der Waals surface area contributed by atoms with Gasteiger partial charge in [-0.05, 0) is 31.3 Å². The van der Waals surface area contributed by atoms with Gasteiger partial charge in [-0.1, -0.05) is 11.6 Å². The van der Waals surface area contributed by atoms with Crippen LogP contribution in [-0.2, 0) is 4.74 Å². The Hall–Kier alpha value is -1.93. The molecule has 1 aromatic carbocycles. The number of hydrogen-bond acceptors (Lipinski definition) is 4. The summed E-state index contributed by atoms with van der Waals surface area (Å²) in [6.07, 6.45) is -0.837. The smallest absolute Gasteiger partial charge is 0.413 e. The summed E-state index contributed by atoms with van der Waals surface area (Å²) in [5, 5.41) is 13.0. The molecule has 1 aromatic rings. The van der Waals surface area contributed by atoms with Gasteiger partial charge in [0.1, 0.15) is 5.82 Å². The highest BCUT2D eigenvalue weighted by atomic mass is 35.5. The number of hydrogen-bond donors (Lipinski definition) is 3. The number of amides is 1. The summed E-state index contributed by atoms with van der Waals surface area (Å²) in [5.74, 6) is -2.31. The Labute approximate surface area is 123 Å². The van der Waals surface area contributed by atoms with E-state index in [0.717, 1.165) is 12.1 Å². The first kappa shape index (κ1) is 16.1. The van der Waals surface area contributed by atoms with E-state index in [4.69, 9.17) is 28.9 Å². The second-order valence-electron chi connectivity index (χ2n) is 3.41. The lowest BCUT2D eigenvalue weighted by Gasteiger charge is -2.12. The van der Waals surface area contributed by atoms with Crippen molar-refractivity contribution in [2.45, 2.75) is 6.92 Å². The Morgan fingerprint density at radius 2 is 2.15 bits per heavy atom. The second kappa shape index (κ2) is 7.01. The number of rotatable bonds is 3. The van der Waals surface area contributed by atoms with Crippen LogP contribution in [0.2, 0.25) is 5.02 Å². The van der Waals surface area contributed by atoms with E-state index in [2.05, 4.69) is 15.4 Å². The first-order valence-electron chi connectivity index (χ1n) is 5.32. The Balaban J connectivity index is 2.94. The molecule has 9 heteroatoms. The van der Waals surface area contributed by atoms with Crippen molar-refractivity contribution in [3.05, 3.63) is 28.5 Å². The molecule has 0 unspecified atom stereocenters. The average Bonchev–Trinajstić information content (AvgIpc) is 2.32.